The molecular weight excluding hydrogens is 584 g/mol. The first kappa shape index (κ1) is 35.6. The van der Waals surface area contributed by atoms with Crippen LogP contribution in [0.1, 0.15) is 67.3 Å². The molecule has 0 radical (unpaired) electrons. The number of hydrogen-bond acceptors (Lipinski definition) is 8. The number of esters is 3. The summed E-state index contributed by atoms with van der Waals surface area (Å²) < 4.78 is 27.3. The van der Waals surface area contributed by atoms with Gasteiger partial charge in [-0.1, -0.05) is 31.4 Å². The summed E-state index contributed by atoms with van der Waals surface area (Å²) in [5.74, 6) is 0.798. The molecule has 0 spiro atoms. The van der Waals surface area contributed by atoms with E-state index in [1.165, 1.54) is 12.2 Å². The molecule has 0 fully saturated rings. The second-order valence-corrected chi connectivity index (χ2v) is 10.7. The maximum absolute atomic E-state index is 12.8. The average molecular weight is 629 g/mol. The molecule has 8 nitrogen and oxygen atoms in total. The van der Waals surface area contributed by atoms with Crippen molar-refractivity contribution in [2.75, 3.05) is 26.4 Å². The van der Waals surface area contributed by atoms with E-state index in [0.717, 1.165) is 73.8 Å². The lowest BCUT2D eigenvalue weighted by molar-refractivity contribution is -0.138. The maximum Gasteiger partial charge on any atom is 0.343 e. The van der Waals surface area contributed by atoms with Gasteiger partial charge in [-0.2, -0.15) is 0 Å². The zero-order valence-electron chi connectivity index (χ0n) is 26.7. The molecule has 3 aromatic carbocycles. The van der Waals surface area contributed by atoms with Gasteiger partial charge in [-0.3, -0.25) is 0 Å². The molecule has 0 saturated heterocycles. The summed E-state index contributed by atoms with van der Waals surface area (Å²) >= 11 is 0. The molecule has 0 bridgehead atoms. The molecular formula is C38H44O8. The smallest absolute Gasteiger partial charge is 0.343 e. The standard InChI is InChI=1S/C38H44O8/c1-4-36(39)44-26-12-8-6-10-24-42-33-19-14-30(15-20-33)32-18-23-35(29(3)28-32)46-38(41)31-16-21-34(22-17-31)43-25-11-7-9-13-27-45-37(40)5-2/h4-5,14-23,28H,1-2,6-13,24-27H2,3H3. The monoisotopic (exact) mass is 628 g/mol. The Morgan fingerprint density at radius 3 is 1.52 bits per heavy atom. The lowest BCUT2D eigenvalue weighted by Crippen LogP contribution is -2.09. The normalized spacial score (nSPS) is 10.5. The first-order valence-electron chi connectivity index (χ1n) is 15.8. The molecule has 244 valence electrons. The lowest BCUT2D eigenvalue weighted by Gasteiger charge is -2.11. The van der Waals surface area contributed by atoms with Gasteiger partial charge in [0.1, 0.15) is 17.2 Å². The molecule has 0 unspecified atom stereocenters. The van der Waals surface area contributed by atoms with Crippen LogP contribution in [0.25, 0.3) is 11.1 Å². The Kier molecular flexibility index (Phi) is 15.7. The largest absolute Gasteiger partial charge is 0.494 e. The van der Waals surface area contributed by atoms with Gasteiger partial charge in [-0.25, -0.2) is 14.4 Å². The number of carbonyl (C=O) groups is 3. The van der Waals surface area contributed by atoms with E-state index in [1.54, 1.807) is 24.3 Å². The van der Waals surface area contributed by atoms with E-state index in [2.05, 4.69) is 13.2 Å². The highest BCUT2D eigenvalue weighted by Crippen LogP contribution is 2.28. The topological polar surface area (TPSA) is 97.4 Å². The van der Waals surface area contributed by atoms with E-state index in [1.807, 2.05) is 49.4 Å². The molecule has 3 aromatic rings. The average Bonchev–Trinajstić information content (AvgIpc) is 3.08. The fourth-order valence-electron chi connectivity index (χ4n) is 4.49. The van der Waals surface area contributed by atoms with Crippen molar-refractivity contribution in [3.05, 3.63) is 103 Å². The van der Waals surface area contributed by atoms with Crippen LogP contribution in [0.2, 0.25) is 0 Å². The van der Waals surface area contributed by atoms with Gasteiger partial charge in [0.25, 0.3) is 0 Å². The molecule has 0 aliphatic heterocycles. The van der Waals surface area contributed by atoms with E-state index >= 15 is 0 Å². The van der Waals surface area contributed by atoms with E-state index in [-0.39, 0.29) is 5.97 Å². The quantitative estimate of drug-likeness (QED) is 0.0504. The van der Waals surface area contributed by atoms with Crippen molar-refractivity contribution in [3.8, 4) is 28.4 Å². The minimum Gasteiger partial charge on any atom is -0.494 e. The maximum atomic E-state index is 12.8. The zero-order valence-corrected chi connectivity index (χ0v) is 26.7. The van der Waals surface area contributed by atoms with Gasteiger partial charge < -0.3 is 23.7 Å². The van der Waals surface area contributed by atoms with Crippen molar-refractivity contribution in [3.63, 3.8) is 0 Å². The summed E-state index contributed by atoms with van der Waals surface area (Å²) in [6.07, 6.45) is 9.68. The van der Waals surface area contributed by atoms with Gasteiger partial charge in [0.05, 0.1) is 32.0 Å². The highest BCUT2D eigenvalue weighted by atomic mass is 16.5. The third kappa shape index (κ3) is 13.0. The van der Waals surface area contributed by atoms with Crippen LogP contribution in [0.5, 0.6) is 17.2 Å². The fraction of sp³-hybridized carbons (Fsp3) is 0.342. The van der Waals surface area contributed by atoms with Crippen molar-refractivity contribution in [1.29, 1.82) is 0 Å². The Morgan fingerprint density at radius 1 is 0.587 bits per heavy atom. The molecule has 0 atom stereocenters. The van der Waals surface area contributed by atoms with Gasteiger partial charge in [0.2, 0.25) is 0 Å². The van der Waals surface area contributed by atoms with Crippen LogP contribution in [0, 0.1) is 6.92 Å². The number of unbranched alkanes of at least 4 members (excludes halogenated alkanes) is 6. The third-order valence-electron chi connectivity index (χ3n) is 7.09. The van der Waals surface area contributed by atoms with Gasteiger partial charge >= 0.3 is 17.9 Å². The molecule has 0 aliphatic rings. The molecule has 0 amide bonds. The van der Waals surface area contributed by atoms with Gasteiger partial charge in [-0.05, 0) is 124 Å². The van der Waals surface area contributed by atoms with E-state index in [9.17, 15) is 14.4 Å². The second-order valence-electron chi connectivity index (χ2n) is 10.7. The van der Waals surface area contributed by atoms with Crippen LogP contribution in [0.3, 0.4) is 0 Å². The Bertz CT molecular complexity index is 1410. The number of rotatable bonds is 21. The van der Waals surface area contributed by atoms with E-state index in [0.29, 0.717) is 43.5 Å². The zero-order chi connectivity index (χ0) is 33.0. The number of benzene rings is 3. The van der Waals surface area contributed by atoms with E-state index < -0.39 is 11.9 Å². The first-order chi connectivity index (χ1) is 22.4. The third-order valence-corrected chi connectivity index (χ3v) is 7.09. The SMILES string of the molecule is C=CC(=O)OCCCCCCOc1ccc(C(=O)Oc2ccc(-c3ccc(OCCCCCCOC(=O)C=C)cc3)cc2C)cc1. The van der Waals surface area contributed by atoms with Crippen molar-refractivity contribution in [1.82, 2.24) is 0 Å². The van der Waals surface area contributed by atoms with Crippen LogP contribution >= 0.6 is 0 Å². The second kappa shape index (κ2) is 20.2. The molecule has 46 heavy (non-hydrogen) atoms. The predicted octanol–water partition coefficient (Wildman–Crippen LogP) is 8.22. The molecule has 0 aliphatic carbocycles. The van der Waals surface area contributed by atoms with Crippen LogP contribution < -0.4 is 14.2 Å². The number of hydrogen-bond donors (Lipinski definition) is 0. The Labute approximate surface area is 272 Å². The summed E-state index contributed by atoms with van der Waals surface area (Å²) in [7, 11) is 0. The van der Waals surface area contributed by atoms with Gasteiger partial charge in [-0.15, -0.1) is 0 Å². The van der Waals surface area contributed by atoms with Crippen LogP contribution in [0.15, 0.2) is 92.0 Å². The number of ether oxygens (including phenoxy) is 5. The predicted molar refractivity (Wildman–Crippen MR) is 178 cm³/mol. The van der Waals surface area contributed by atoms with Gasteiger partial charge in [0.15, 0.2) is 0 Å². The molecule has 0 saturated carbocycles. The summed E-state index contributed by atoms with van der Waals surface area (Å²) in [4.78, 5) is 34.8. The Balaban J connectivity index is 1.36. The van der Waals surface area contributed by atoms with Crippen molar-refractivity contribution in [2.24, 2.45) is 0 Å². The van der Waals surface area contributed by atoms with Crippen LogP contribution in [-0.2, 0) is 19.1 Å². The Morgan fingerprint density at radius 2 is 1.04 bits per heavy atom. The fourth-order valence-corrected chi connectivity index (χ4v) is 4.49. The Hall–Kier alpha value is -4.85. The highest BCUT2D eigenvalue weighted by Gasteiger charge is 2.12. The molecule has 8 heteroatoms. The van der Waals surface area contributed by atoms with Crippen molar-refractivity contribution >= 4 is 17.9 Å². The molecule has 0 N–H and O–H groups in total. The van der Waals surface area contributed by atoms with E-state index in [4.69, 9.17) is 23.7 Å². The van der Waals surface area contributed by atoms with Crippen LogP contribution in [-0.4, -0.2) is 44.3 Å². The summed E-state index contributed by atoms with van der Waals surface area (Å²) in [5, 5.41) is 0. The minimum atomic E-state index is -0.433. The number of carbonyl (C=O) groups excluding carboxylic acids is 3. The highest BCUT2D eigenvalue weighted by molar-refractivity contribution is 5.91. The van der Waals surface area contributed by atoms with Crippen molar-refractivity contribution < 1.29 is 38.1 Å². The molecule has 0 aromatic heterocycles. The van der Waals surface area contributed by atoms with Gasteiger partial charge in [0, 0.05) is 12.2 Å². The van der Waals surface area contributed by atoms with Crippen LogP contribution in [0.4, 0.5) is 0 Å². The summed E-state index contributed by atoms with van der Waals surface area (Å²) in [5.41, 5.74) is 3.34. The minimum absolute atomic E-state index is 0.380. The first-order valence-corrected chi connectivity index (χ1v) is 15.8. The summed E-state index contributed by atoms with van der Waals surface area (Å²) in [6.45, 7) is 10.7. The molecule has 0 heterocycles. The molecule has 3 rings (SSSR count). The van der Waals surface area contributed by atoms with Crippen molar-refractivity contribution in [2.45, 2.75) is 58.3 Å². The number of aryl methyl sites for hydroxylation is 1. The summed E-state index contributed by atoms with van der Waals surface area (Å²) in [6, 6.07) is 20.6. The lowest BCUT2D eigenvalue weighted by atomic mass is 10.0.